The van der Waals surface area contributed by atoms with Gasteiger partial charge in [-0.15, -0.1) is 0 Å². The first-order chi connectivity index (χ1) is 29.1. The molecule has 6 aromatic carbocycles. The van der Waals surface area contributed by atoms with Crippen LogP contribution in [0.4, 0.5) is 17.1 Å². The van der Waals surface area contributed by atoms with E-state index in [1.54, 1.807) is 11.1 Å². The van der Waals surface area contributed by atoms with Gasteiger partial charge in [0.2, 0.25) is 0 Å². The molecule has 306 valence electrons. The Labute approximate surface area is 364 Å². The Morgan fingerprint density at radius 2 is 1.05 bits per heavy atom. The average molecular weight is 796 g/mol. The van der Waals surface area contributed by atoms with Crippen LogP contribution in [-0.4, -0.2) is 0 Å². The van der Waals surface area contributed by atoms with E-state index in [9.17, 15) is 0 Å². The molecule has 0 heterocycles. The zero-order valence-corrected chi connectivity index (χ0v) is 37.8. The predicted octanol–water partition coefficient (Wildman–Crippen LogP) is 15.7. The summed E-state index contributed by atoms with van der Waals surface area (Å²) in [6, 6.07) is 48.8. The molecule has 61 heavy (non-hydrogen) atoms. The molecular weight excluding hydrogens is 735 g/mol. The third-order valence-corrected chi connectivity index (χ3v) is 18.8. The molecule has 4 saturated carbocycles. The molecule has 2 spiro atoms. The van der Waals surface area contributed by atoms with Crippen molar-refractivity contribution in [2.45, 2.75) is 121 Å². The van der Waals surface area contributed by atoms with Gasteiger partial charge >= 0.3 is 0 Å². The van der Waals surface area contributed by atoms with Crippen LogP contribution in [0.15, 0.2) is 121 Å². The van der Waals surface area contributed by atoms with Crippen LogP contribution in [0.1, 0.15) is 133 Å². The summed E-state index contributed by atoms with van der Waals surface area (Å²) in [5, 5.41) is 0. The lowest BCUT2D eigenvalue weighted by molar-refractivity contribution is -0.412. The highest BCUT2D eigenvalue weighted by molar-refractivity contribution is 5.96. The molecular formula is C60H61N. The summed E-state index contributed by atoms with van der Waals surface area (Å²) in [6.07, 6.45) is 6.71. The molecule has 4 atom stereocenters. The van der Waals surface area contributed by atoms with Gasteiger partial charge in [-0.05, 0) is 181 Å². The molecule has 0 radical (unpaired) electrons. The lowest BCUT2D eigenvalue weighted by atomic mass is 9.11. The topological polar surface area (TPSA) is 3.24 Å². The van der Waals surface area contributed by atoms with Gasteiger partial charge in [0, 0.05) is 27.8 Å². The molecule has 0 N–H and O–H groups in total. The molecule has 0 amide bonds. The Hall–Kier alpha value is -4.88. The third-order valence-electron chi connectivity index (χ3n) is 18.8. The van der Waals surface area contributed by atoms with E-state index in [-0.39, 0.29) is 27.1 Å². The normalized spacial score (nSPS) is 28.9. The summed E-state index contributed by atoms with van der Waals surface area (Å²) in [4.78, 5) is 2.70. The maximum absolute atomic E-state index is 2.75. The standard InChI is InChI=1S/C60H61N/c1-55(2,3)36-20-18-35(19-21-36)44-33-45-42-15-11-13-17-47(42)60(53-29-37-28-38-30-54(60)59(37,38)53)50(45)34-52(44)61(40-23-25-48-51(32-40)57(6,7)27-26-56(48,4)5)39-22-24-43-41-14-10-12-16-46(41)58(8,9)49(43)31-39/h10-25,31-34,37-38,53-54H,26-30H2,1-9H3. The Morgan fingerprint density at radius 3 is 1.70 bits per heavy atom. The van der Waals surface area contributed by atoms with E-state index in [1.807, 2.05) is 0 Å². The SMILES string of the molecule is CC(C)(C)c1ccc(-c2cc3c(cc2N(c2ccc4c(c2)C(C)(C)CCC4(C)C)c2ccc4c(c2)C(C)(C)c2ccccc2-4)C2(c4ccccc4-3)C3CC4CC5CC2C453)cc1. The second-order valence-electron chi connectivity index (χ2n) is 23.6. The number of benzene rings is 6. The van der Waals surface area contributed by atoms with Gasteiger partial charge in [0.15, 0.2) is 0 Å². The lowest BCUT2D eigenvalue weighted by Crippen LogP contribution is -2.88. The minimum atomic E-state index is -0.102. The first-order valence-electron chi connectivity index (χ1n) is 23.7. The van der Waals surface area contributed by atoms with Gasteiger partial charge in [-0.2, -0.15) is 0 Å². The third kappa shape index (κ3) is 4.30. The van der Waals surface area contributed by atoms with E-state index in [1.165, 1.54) is 110 Å². The zero-order valence-electron chi connectivity index (χ0n) is 37.8. The molecule has 7 aliphatic rings. The molecule has 1 heteroatoms. The minimum absolute atomic E-state index is 0.0815. The van der Waals surface area contributed by atoms with Crippen LogP contribution in [0.2, 0.25) is 0 Å². The molecule has 0 aromatic heterocycles. The molecule has 0 bridgehead atoms. The van der Waals surface area contributed by atoms with Gasteiger partial charge in [-0.3, -0.25) is 0 Å². The highest BCUT2D eigenvalue weighted by atomic mass is 15.1. The van der Waals surface area contributed by atoms with E-state index in [2.05, 4.69) is 189 Å². The van der Waals surface area contributed by atoms with Gasteiger partial charge in [0.05, 0.1) is 5.69 Å². The fourth-order valence-electron chi connectivity index (χ4n) is 15.5. The van der Waals surface area contributed by atoms with Crippen LogP contribution in [0, 0.1) is 29.1 Å². The van der Waals surface area contributed by atoms with E-state index < -0.39 is 0 Å². The van der Waals surface area contributed by atoms with E-state index in [4.69, 9.17) is 0 Å². The van der Waals surface area contributed by atoms with Crippen molar-refractivity contribution in [1.29, 1.82) is 0 Å². The Balaban J connectivity index is 1.10. The Morgan fingerprint density at radius 1 is 0.475 bits per heavy atom. The van der Waals surface area contributed by atoms with Crippen molar-refractivity contribution in [2.75, 3.05) is 4.90 Å². The highest BCUT2D eigenvalue weighted by Gasteiger charge is 2.90. The number of anilines is 3. The second-order valence-corrected chi connectivity index (χ2v) is 23.6. The summed E-state index contributed by atoms with van der Waals surface area (Å²) in [7, 11) is 0. The summed E-state index contributed by atoms with van der Waals surface area (Å²) >= 11 is 0. The van der Waals surface area contributed by atoms with Gasteiger partial charge < -0.3 is 4.90 Å². The lowest BCUT2D eigenvalue weighted by Gasteiger charge is -2.92. The van der Waals surface area contributed by atoms with Crippen molar-refractivity contribution in [3.63, 3.8) is 0 Å². The van der Waals surface area contributed by atoms with Crippen LogP contribution in [-0.2, 0) is 27.1 Å². The van der Waals surface area contributed by atoms with Crippen LogP contribution in [0.5, 0.6) is 0 Å². The fraction of sp³-hybridized carbons (Fsp3) is 0.400. The molecule has 4 fully saturated rings. The predicted molar refractivity (Wildman–Crippen MR) is 255 cm³/mol. The number of hydrogen-bond donors (Lipinski definition) is 0. The smallest absolute Gasteiger partial charge is 0.0543 e. The number of nitrogens with zero attached hydrogens (tertiary/aromatic N) is 1. The summed E-state index contributed by atoms with van der Waals surface area (Å²) in [5.41, 5.74) is 23.6. The maximum atomic E-state index is 2.75. The molecule has 6 aromatic rings. The van der Waals surface area contributed by atoms with Crippen molar-refractivity contribution in [3.05, 3.63) is 160 Å². The average Bonchev–Trinajstić information content (AvgIpc) is 3.63. The summed E-state index contributed by atoms with van der Waals surface area (Å²) in [6.45, 7) is 21.7. The molecule has 7 aliphatic carbocycles. The van der Waals surface area contributed by atoms with E-state index in [0.717, 1.165) is 23.7 Å². The van der Waals surface area contributed by atoms with E-state index in [0.29, 0.717) is 5.41 Å². The number of hydrogen-bond acceptors (Lipinski definition) is 1. The molecule has 1 nitrogen and oxygen atoms in total. The summed E-state index contributed by atoms with van der Waals surface area (Å²) in [5.74, 6) is 3.49. The van der Waals surface area contributed by atoms with Gasteiger partial charge in [0.25, 0.3) is 0 Å². The van der Waals surface area contributed by atoms with Crippen molar-refractivity contribution < 1.29 is 0 Å². The zero-order chi connectivity index (χ0) is 41.8. The van der Waals surface area contributed by atoms with Crippen LogP contribution in [0.25, 0.3) is 33.4 Å². The highest BCUT2D eigenvalue weighted by Crippen LogP contribution is 2.95. The fourth-order valence-corrected chi connectivity index (χ4v) is 15.5. The van der Waals surface area contributed by atoms with Gasteiger partial charge in [-0.1, -0.05) is 147 Å². The van der Waals surface area contributed by atoms with Crippen molar-refractivity contribution in [2.24, 2.45) is 29.1 Å². The first-order valence-corrected chi connectivity index (χ1v) is 23.7. The Kier molecular flexibility index (Phi) is 6.85. The number of fused-ring (bicyclic) bond motifs is 11. The molecule has 4 unspecified atom stereocenters. The second kappa shape index (κ2) is 11.4. The van der Waals surface area contributed by atoms with Gasteiger partial charge in [-0.25, -0.2) is 0 Å². The van der Waals surface area contributed by atoms with Gasteiger partial charge in [0.1, 0.15) is 0 Å². The monoisotopic (exact) mass is 795 g/mol. The van der Waals surface area contributed by atoms with Crippen LogP contribution >= 0.6 is 0 Å². The Bertz CT molecular complexity index is 2870. The quantitative estimate of drug-likeness (QED) is 0.172. The van der Waals surface area contributed by atoms with Crippen LogP contribution < -0.4 is 4.90 Å². The molecule has 0 aliphatic heterocycles. The first kappa shape index (κ1) is 36.7. The van der Waals surface area contributed by atoms with Crippen molar-refractivity contribution >= 4 is 17.1 Å². The molecule has 0 saturated heterocycles. The largest absolute Gasteiger partial charge is 0.310 e. The maximum Gasteiger partial charge on any atom is 0.0543 e. The van der Waals surface area contributed by atoms with Crippen LogP contribution in [0.3, 0.4) is 0 Å². The summed E-state index contributed by atoms with van der Waals surface area (Å²) < 4.78 is 0. The number of rotatable bonds is 4. The minimum Gasteiger partial charge on any atom is -0.310 e. The van der Waals surface area contributed by atoms with E-state index >= 15 is 0 Å². The van der Waals surface area contributed by atoms with Crippen molar-refractivity contribution in [3.8, 4) is 33.4 Å². The molecule has 13 rings (SSSR count). The van der Waals surface area contributed by atoms with Crippen molar-refractivity contribution in [1.82, 2.24) is 0 Å².